The van der Waals surface area contributed by atoms with Gasteiger partial charge in [-0.15, -0.1) is 24.8 Å². The number of aryl methyl sites for hydroxylation is 1. The SMILES string of the molecule is CN(C(=O)C1C2CCC(C2)C1N)c1cnn(C)c1.Cl.Cl. The lowest BCUT2D eigenvalue weighted by atomic mass is 9.84. The van der Waals surface area contributed by atoms with Crippen LogP contribution in [0, 0.1) is 17.8 Å². The second-order valence-corrected chi connectivity index (χ2v) is 5.71. The number of halogens is 2. The van der Waals surface area contributed by atoms with Gasteiger partial charge < -0.3 is 10.6 Å². The molecule has 20 heavy (non-hydrogen) atoms. The molecule has 114 valence electrons. The molecule has 1 amide bonds. The van der Waals surface area contributed by atoms with Gasteiger partial charge in [-0.2, -0.15) is 5.10 Å². The van der Waals surface area contributed by atoms with E-state index in [1.807, 2.05) is 20.3 Å². The number of anilines is 1. The highest BCUT2D eigenvalue weighted by Gasteiger charge is 2.49. The standard InChI is InChI=1S/C13H20N4O.2ClH/c1-16-7-10(6-15-16)17(2)13(18)11-8-3-4-9(5-8)12(11)14;;/h6-9,11-12H,3-5,14H2,1-2H3;2*1H. The lowest BCUT2D eigenvalue weighted by molar-refractivity contribution is -0.124. The first-order chi connectivity index (χ1) is 8.58. The molecular weight excluding hydrogens is 299 g/mol. The predicted octanol–water partition coefficient (Wildman–Crippen LogP) is 1.60. The van der Waals surface area contributed by atoms with E-state index >= 15 is 0 Å². The fourth-order valence-corrected chi connectivity index (χ4v) is 3.63. The monoisotopic (exact) mass is 320 g/mol. The Bertz CT molecular complexity index is 477. The van der Waals surface area contributed by atoms with E-state index in [1.165, 1.54) is 6.42 Å². The van der Waals surface area contributed by atoms with E-state index in [4.69, 9.17) is 5.73 Å². The summed E-state index contributed by atoms with van der Waals surface area (Å²) in [6, 6.07) is 0.0513. The Kier molecular flexibility index (Phi) is 5.46. The smallest absolute Gasteiger partial charge is 0.231 e. The lowest BCUT2D eigenvalue weighted by Crippen LogP contribution is -2.46. The maximum Gasteiger partial charge on any atom is 0.231 e. The van der Waals surface area contributed by atoms with Gasteiger partial charge in [-0.25, -0.2) is 0 Å². The minimum absolute atomic E-state index is 0. The number of nitrogens with zero attached hydrogens (tertiary/aromatic N) is 3. The summed E-state index contributed by atoms with van der Waals surface area (Å²) < 4.78 is 1.71. The molecule has 0 radical (unpaired) electrons. The minimum atomic E-state index is 0. The van der Waals surface area contributed by atoms with Crippen molar-refractivity contribution in [1.82, 2.24) is 9.78 Å². The number of amides is 1. The van der Waals surface area contributed by atoms with Crippen LogP contribution in [0.5, 0.6) is 0 Å². The van der Waals surface area contributed by atoms with E-state index in [0.717, 1.165) is 18.5 Å². The molecular formula is C13H22Cl2N4O. The van der Waals surface area contributed by atoms with Gasteiger partial charge in [0.05, 0.1) is 17.8 Å². The molecule has 0 aliphatic heterocycles. The highest BCUT2D eigenvalue weighted by molar-refractivity contribution is 5.95. The zero-order valence-electron chi connectivity index (χ0n) is 11.7. The molecule has 2 fully saturated rings. The summed E-state index contributed by atoms with van der Waals surface area (Å²) in [5.74, 6) is 1.22. The van der Waals surface area contributed by atoms with Gasteiger partial charge in [0.2, 0.25) is 5.91 Å². The molecule has 1 heterocycles. The van der Waals surface area contributed by atoms with Crippen molar-refractivity contribution in [3.63, 3.8) is 0 Å². The van der Waals surface area contributed by atoms with Crippen molar-refractivity contribution in [2.45, 2.75) is 25.3 Å². The molecule has 2 bridgehead atoms. The maximum atomic E-state index is 12.6. The fourth-order valence-electron chi connectivity index (χ4n) is 3.63. The van der Waals surface area contributed by atoms with Crippen LogP contribution in [0.1, 0.15) is 19.3 Å². The van der Waals surface area contributed by atoms with Crippen LogP contribution in [0.15, 0.2) is 12.4 Å². The predicted molar refractivity (Wildman–Crippen MR) is 83.4 cm³/mol. The summed E-state index contributed by atoms with van der Waals surface area (Å²) in [5.41, 5.74) is 7.06. The van der Waals surface area contributed by atoms with Gasteiger partial charge in [-0.3, -0.25) is 9.48 Å². The summed E-state index contributed by atoms with van der Waals surface area (Å²) in [7, 11) is 3.67. The molecule has 4 unspecified atom stereocenters. The normalized spacial score (nSPS) is 30.6. The average molecular weight is 321 g/mol. The van der Waals surface area contributed by atoms with Crippen molar-refractivity contribution >= 4 is 36.4 Å². The number of hydrogen-bond acceptors (Lipinski definition) is 3. The maximum absolute atomic E-state index is 12.6. The third kappa shape index (κ3) is 2.67. The van der Waals surface area contributed by atoms with E-state index in [-0.39, 0.29) is 42.7 Å². The van der Waals surface area contributed by atoms with Crippen LogP contribution in [0.2, 0.25) is 0 Å². The van der Waals surface area contributed by atoms with E-state index in [1.54, 1.807) is 15.8 Å². The Morgan fingerprint density at radius 1 is 1.40 bits per heavy atom. The fraction of sp³-hybridized carbons (Fsp3) is 0.692. The van der Waals surface area contributed by atoms with Crippen molar-refractivity contribution in [1.29, 1.82) is 0 Å². The summed E-state index contributed by atoms with van der Waals surface area (Å²) in [5, 5.41) is 4.11. The molecule has 0 saturated heterocycles. The minimum Gasteiger partial charge on any atom is -0.327 e. The molecule has 0 aromatic carbocycles. The molecule has 5 nitrogen and oxygen atoms in total. The van der Waals surface area contributed by atoms with Gasteiger partial charge in [0.1, 0.15) is 0 Å². The van der Waals surface area contributed by atoms with E-state index in [2.05, 4.69) is 5.10 Å². The Morgan fingerprint density at radius 2 is 2.05 bits per heavy atom. The number of carbonyl (C=O) groups is 1. The molecule has 1 aromatic rings. The van der Waals surface area contributed by atoms with Crippen LogP contribution in [0.25, 0.3) is 0 Å². The van der Waals surface area contributed by atoms with Crippen LogP contribution in [-0.2, 0) is 11.8 Å². The number of carbonyl (C=O) groups excluding carboxylic acids is 1. The van der Waals surface area contributed by atoms with Crippen LogP contribution >= 0.6 is 24.8 Å². The van der Waals surface area contributed by atoms with E-state index in [9.17, 15) is 4.79 Å². The summed E-state index contributed by atoms with van der Waals surface area (Å²) in [6.07, 6.45) is 7.08. The van der Waals surface area contributed by atoms with Crippen LogP contribution in [0.4, 0.5) is 5.69 Å². The Hall–Kier alpha value is -0.780. The summed E-state index contributed by atoms with van der Waals surface area (Å²) in [6.45, 7) is 0. The van der Waals surface area contributed by atoms with Gasteiger partial charge in [0.15, 0.2) is 0 Å². The Balaban J connectivity index is 0.000001000. The number of fused-ring (bicyclic) bond motifs is 2. The molecule has 7 heteroatoms. The molecule has 2 aliphatic carbocycles. The van der Waals surface area contributed by atoms with Gasteiger partial charge in [-0.1, -0.05) is 0 Å². The van der Waals surface area contributed by atoms with Gasteiger partial charge >= 0.3 is 0 Å². The highest BCUT2D eigenvalue weighted by atomic mass is 35.5. The van der Waals surface area contributed by atoms with Crippen LogP contribution < -0.4 is 10.6 Å². The lowest BCUT2D eigenvalue weighted by Gasteiger charge is -2.30. The topological polar surface area (TPSA) is 64.2 Å². The van der Waals surface area contributed by atoms with Crippen molar-refractivity contribution < 1.29 is 4.79 Å². The zero-order chi connectivity index (χ0) is 12.9. The molecule has 0 spiro atoms. The average Bonchev–Trinajstić information content (AvgIpc) is 3.02. The number of nitrogens with two attached hydrogens (primary N) is 1. The molecule has 2 N–H and O–H groups in total. The van der Waals surface area contributed by atoms with Crippen molar-refractivity contribution in [2.24, 2.45) is 30.5 Å². The molecule has 3 rings (SSSR count). The molecule has 1 aromatic heterocycles. The molecule has 4 atom stereocenters. The Morgan fingerprint density at radius 3 is 2.55 bits per heavy atom. The zero-order valence-corrected chi connectivity index (χ0v) is 13.4. The first kappa shape index (κ1) is 17.3. The first-order valence-electron chi connectivity index (χ1n) is 6.59. The van der Waals surface area contributed by atoms with Gasteiger partial charge in [-0.05, 0) is 31.1 Å². The first-order valence-corrected chi connectivity index (χ1v) is 6.59. The van der Waals surface area contributed by atoms with Crippen molar-refractivity contribution in [3.8, 4) is 0 Å². The largest absolute Gasteiger partial charge is 0.327 e. The Labute approximate surface area is 131 Å². The number of rotatable bonds is 2. The van der Waals surface area contributed by atoms with E-state index in [0.29, 0.717) is 11.8 Å². The molecule has 2 aliphatic rings. The van der Waals surface area contributed by atoms with Crippen LogP contribution in [0.3, 0.4) is 0 Å². The van der Waals surface area contributed by atoms with Gasteiger partial charge in [0, 0.05) is 26.3 Å². The van der Waals surface area contributed by atoms with Crippen molar-refractivity contribution in [3.05, 3.63) is 12.4 Å². The second-order valence-electron chi connectivity index (χ2n) is 5.71. The third-order valence-corrected chi connectivity index (χ3v) is 4.67. The summed E-state index contributed by atoms with van der Waals surface area (Å²) >= 11 is 0. The van der Waals surface area contributed by atoms with Crippen LogP contribution in [-0.4, -0.2) is 28.8 Å². The quantitative estimate of drug-likeness (QED) is 0.900. The summed E-state index contributed by atoms with van der Waals surface area (Å²) in [4.78, 5) is 14.3. The van der Waals surface area contributed by atoms with E-state index < -0.39 is 0 Å². The second kappa shape index (κ2) is 6.33. The number of hydrogen-bond donors (Lipinski definition) is 1. The van der Waals surface area contributed by atoms with Crippen molar-refractivity contribution in [2.75, 3.05) is 11.9 Å². The number of aromatic nitrogens is 2. The van der Waals surface area contributed by atoms with Gasteiger partial charge in [0.25, 0.3) is 0 Å². The highest BCUT2D eigenvalue weighted by Crippen LogP contribution is 2.48. The third-order valence-electron chi connectivity index (χ3n) is 4.67. The molecule has 2 saturated carbocycles.